The first kappa shape index (κ1) is 9.59. The minimum atomic E-state index is -0.796. The average molecular weight is 246 g/mol. The second kappa shape index (κ2) is 3.48. The van der Waals surface area contributed by atoms with Gasteiger partial charge in [0.25, 0.3) is 5.91 Å². The molecule has 0 spiro atoms. The van der Waals surface area contributed by atoms with Gasteiger partial charge in [0.05, 0.1) is 0 Å². The zero-order valence-corrected chi connectivity index (χ0v) is 7.82. The minimum Gasteiger partial charge on any atom is -0.362 e. The Hall–Kier alpha value is -1.50. The quantitative estimate of drug-likeness (QED) is 0.617. The van der Waals surface area contributed by atoms with Crippen molar-refractivity contribution >= 4 is 27.7 Å². The summed E-state index contributed by atoms with van der Waals surface area (Å²) in [4.78, 5) is 23.7. The molecule has 1 rings (SSSR count). The van der Waals surface area contributed by atoms with Crippen molar-refractivity contribution in [1.82, 2.24) is 4.98 Å². The SMILES string of the molecule is NC(=O)c1ccc(Br)c([N+](=O)[O-])n1. The second-order valence-electron chi connectivity index (χ2n) is 2.12. The number of nitrogens with zero attached hydrogens (tertiary/aromatic N) is 2. The lowest BCUT2D eigenvalue weighted by Crippen LogP contribution is -2.13. The fourth-order valence-corrected chi connectivity index (χ4v) is 1.06. The molecule has 13 heavy (non-hydrogen) atoms. The molecule has 6 nitrogen and oxygen atoms in total. The number of primary amides is 1. The predicted octanol–water partition coefficient (Wildman–Crippen LogP) is 0.851. The first-order chi connectivity index (χ1) is 6.02. The molecule has 0 saturated heterocycles. The molecule has 0 atom stereocenters. The van der Waals surface area contributed by atoms with Gasteiger partial charge in [-0.05, 0) is 38.0 Å². The second-order valence-corrected chi connectivity index (χ2v) is 2.98. The molecule has 1 aromatic rings. The topological polar surface area (TPSA) is 99.1 Å². The van der Waals surface area contributed by atoms with Crippen LogP contribution in [-0.2, 0) is 0 Å². The van der Waals surface area contributed by atoms with Crippen molar-refractivity contribution in [3.05, 3.63) is 32.4 Å². The Balaban J connectivity index is 3.27. The Morgan fingerprint density at radius 3 is 2.69 bits per heavy atom. The van der Waals surface area contributed by atoms with Crippen molar-refractivity contribution in [2.75, 3.05) is 0 Å². The van der Waals surface area contributed by atoms with E-state index < -0.39 is 16.6 Å². The normalized spacial score (nSPS) is 9.62. The van der Waals surface area contributed by atoms with Crippen molar-refractivity contribution in [2.45, 2.75) is 0 Å². The van der Waals surface area contributed by atoms with E-state index in [-0.39, 0.29) is 10.2 Å². The van der Waals surface area contributed by atoms with Crippen LogP contribution in [0.1, 0.15) is 10.5 Å². The Bertz CT molecular complexity index is 379. The van der Waals surface area contributed by atoms with E-state index in [2.05, 4.69) is 20.9 Å². The minimum absolute atomic E-state index is 0.130. The molecule has 0 radical (unpaired) electrons. The van der Waals surface area contributed by atoms with Gasteiger partial charge in [0, 0.05) is 0 Å². The zero-order valence-electron chi connectivity index (χ0n) is 6.23. The van der Waals surface area contributed by atoms with E-state index in [0.29, 0.717) is 0 Å². The molecule has 0 aliphatic heterocycles. The number of nitrogens with two attached hydrogens (primary N) is 1. The van der Waals surface area contributed by atoms with Gasteiger partial charge in [0.1, 0.15) is 4.47 Å². The van der Waals surface area contributed by atoms with Crippen molar-refractivity contribution in [3.63, 3.8) is 0 Å². The Labute approximate surface area is 81.0 Å². The van der Waals surface area contributed by atoms with E-state index in [0.717, 1.165) is 0 Å². The third-order valence-corrected chi connectivity index (χ3v) is 1.87. The molecule has 68 valence electrons. The monoisotopic (exact) mass is 245 g/mol. The van der Waals surface area contributed by atoms with Gasteiger partial charge < -0.3 is 15.8 Å². The van der Waals surface area contributed by atoms with Crippen LogP contribution in [0.3, 0.4) is 0 Å². The van der Waals surface area contributed by atoms with Crippen molar-refractivity contribution in [3.8, 4) is 0 Å². The number of carbonyl (C=O) groups excluding carboxylic acids is 1. The number of carbonyl (C=O) groups is 1. The Morgan fingerprint density at radius 1 is 1.62 bits per heavy atom. The van der Waals surface area contributed by atoms with Gasteiger partial charge in [-0.15, -0.1) is 0 Å². The highest BCUT2D eigenvalue weighted by molar-refractivity contribution is 9.10. The van der Waals surface area contributed by atoms with E-state index in [4.69, 9.17) is 5.73 Å². The predicted molar refractivity (Wildman–Crippen MR) is 47.1 cm³/mol. The largest absolute Gasteiger partial charge is 0.378 e. The number of rotatable bonds is 2. The number of amides is 1. The summed E-state index contributed by atoms with van der Waals surface area (Å²) in [6.07, 6.45) is 0. The molecular weight excluding hydrogens is 242 g/mol. The standard InChI is InChI=1S/C6H4BrN3O3/c7-3-1-2-4(5(8)11)9-6(3)10(12)13/h1-2H,(H2,8,11). The molecule has 1 amide bonds. The summed E-state index contributed by atoms with van der Waals surface area (Å²) in [5, 5.41) is 10.4. The van der Waals surface area contributed by atoms with Gasteiger partial charge in [-0.2, -0.15) is 0 Å². The van der Waals surface area contributed by atoms with Gasteiger partial charge in [0.15, 0.2) is 0 Å². The van der Waals surface area contributed by atoms with Gasteiger partial charge in [-0.1, -0.05) is 0 Å². The number of nitro groups is 1. The molecule has 7 heteroatoms. The molecule has 2 N–H and O–H groups in total. The summed E-state index contributed by atoms with van der Waals surface area (Å²) in [5.41, 5.74) is 4.76. The highest BCUT2D eigenvalue weighted by Gasteiger charge is 2.17. The molecular formula is C6H4BrN3O3. The van der Waals surface area contributed by atoms with Crippen LogP contribution in [0, 0.1) is 10.1 Å². The summed E-state index contributed by atoms with van der Waals surface area (Å²) in [7, 11) is 0. The van der Waals surface area contributed by atoms with Gasteiger partial charge >= 0.3 is 5.82 Å². The van der Waals surface area contributed by atoms with Crippen molar-refractivity contribution < 1.29 is 9.72 Å². The van der Waals surface area contributed by atoms with Crippen molar-refractivity contribution in [1.29, 1.82) is 0 Å². The van der Waals surface area contributed by atoms with Crippen LogP contribution in [0.25, 0.3) is 0 Å². The number of hydrogen-bond acceptors (Lipinski definition) is 4. The van der Waals surface area contributed by atoms with Crippen LogP contribution in [0.15, 0.2) is 16.6 Å². The molecule has 1 heterocycles. The van der Waals surface area contributed by atoms with Crippen LogP contribution >= 0.6 is 15.9 Å². The van der Waals surface area contributed by atoms with Gasteiger partial charge in [0.2, 0.25) is 5.69 Å². The van der Waals surface area contributed by atoms with Crippen LogP contribution in [0.5, 0.6) is 0 Å². The Morgan fingerprint density at radius 2 is 2.23 bits per heavy atom. The first-order valence-electron chi connectivity index (χ1n) is 3.13. The molecule has 0 aromatic carbocycles. The molecule has 0 bridgehead atoms. The third kappa shape index (κ3) is 2.00. The smallest absolute Gasteiger partial charge is 0.362 e. The lowest BCUT2D eigenvalue weighted by Gasteiger charge is -1.95. The number of halogens is 1. The first-order valence-corrected chi connectivity index (χ1v) is 3.92. The summed E-state index contributed by atoms with van der Waals surface area (Å²) in [6.45, 7) is 0. The number of hydrogen-bond donors (Lipinski definition) is 1. The van der Waals surface area contributed by atoms with Crippen LogP contribution in [-0.4, -0.2) is 15.8 Å². The maximum Gasteiger partial charge on any atom is 0.378 e. The van der Waals surface area contributed by atoms with Crippen molar-refractivity contribution in [2.24, 2.45) is 5.73 Å². The molecule has 0 aliphatic rings. The van der Waals surface area contributed by atoms with E-state index in [1.807, 2.05) is 0 Å². The van der Waals surface area contributed by atoms with Crippen LogP contribution in [0.4, 0.5) is 5.82 Å². The number of pyridine rings is 1. The molecule has 0 unspecified atom stereocenters. The zero-order chi connectivity index (χ0) is 10.0. The summed E-state index contributed by atoms with van der Waals surface area (Å²) < 4.78 is 0.211. The molecule has 0 fully saturated rings. The highest BCUT2D eigenvalue weighted by Crippen LogP contribution is 2.21. The maximum atomic E-state index is 10.6. The summed E-state index contributed by atoms with van der Waals surface area (Å²) in [5.74, 6) is -1.22. The maximum absolute atomic E-state index is 10.6. The van der Waals surface area contributed by atoms with Gasteiger partial charge in [-0.3, -0.25) is 4.79 Å². The lowest BCUT2D eigenvalue weighted by atomic mass is 10.3. The van der Waals surface area contributed by atoms with E-state index >= 15 is 0 Å². The molecule has 1 aromatic heterocycles. The van der Waals surface area contributed by atoms with Crippen LogP contribution < -0.4 is 5.73 Å². The van der Waals surface area contributed by atoms with E-state index in [1.54, 1.807) is 0 Å². The average Bonchev–Trinajstić information content (AvgIpc) is 2.04. The Kier molecular flexibility index (Phi) is 2.57. The van der Waals surface area contributed by atoms with E-state index in [9.17, 15) is 14.9 Å². The highest BCUT2D eigenvalue weighted by atomic mass is 79.9. The third-order valence-electron chi connectivity index (χ3n) is 1.25. The van der Waals surface area contributed by atoms with Crippen LogP contribution in [0.2, 0.25) is 0 Å². The fraction of sp³-hybridized carbons (Fsp3) is 0. The molecule has 0 aliphatic carbocycles. The summed E-state index contributed by atoms with van der Waals surface area (Å²) in [6, 6.07) is 2.66. The lowest BCUT2D eigenvalue weighted by molar-refractivity contribution is -0.390. The fourth-order valence-electron chi connectivity index (χ4n) is 0.697. The number of aromatic nitrogens is 1. The summed E-state index contributed by atoms with van der Waals surface area (Å²) >= 11 is 2.92. The van der Waals surface area contributed by atoms with E-state index in [1.165, 1.54) is 12.1 Å². The molecule has 0 saturated carbocycles. The van der Waals surface area contributed by atoms with Gasteiger partial charge in [-0.25, -0.2) is 0 Å².